The molecule has 0 bridgehead atoms. The van der Waals surface area contributed by atoms with E-state index in [0.717, 1.165) is 30.2 Å². The van der Waals surface area contributed by atoms with Crippen molar-refractivity contribution in [2.24, 2.45) is 0 Å². The van der Waals surface area contributed by atoms with Gasteiger partial charge in [-0.2, -0.15) is 0 Å². The van der Waals surface area contributed by atoms with Crippen LogP contribution in [0.25, 0.3) is 0 Å². The Morgan fingerprint density at radius 2 is 0.862 bits per heavy atom. The van der Waals surface area contributed by atoms with Gasteiger partial charge in [-0.25, -0.2) is 8.42 Å². The van der Waals surface area contributed by atoms with E-state index in [1.54, 1.807) is 0 Å². The monoisotopic (exact) mass is 435 g/mol. The lowest BCUT2D eigenvalue weighted by Gasteiger charge is -2.23. The van der Waals surface area contributed by atoms with E-state index in [-0.39, 0.29) is 5.75 Å². The number of hydrogen-bond acceptors (Lipinski definition) is 3. The van der Waals surface area contributed by atoms with Gasteiger partial charge in [0.1, 0.15) is 0 Å². The maximum absolute atomic E-state index is 10.1. The van der Waals surface area contributed by atoms with Crippen molar-refractivity contribution >= 4 is 10.1 Å². The van der Waals surface area contributed by atoms with Gasteiger partial charge in [-0.15, -0.1) is 0 Å². The van der Waals surface area contributed by atoms with Crippen LogP contribution < -0.4 is 0 Å². The van der Waals surface area contributed by atoms with Crippen LogP contribution >= 0.6 is 0 Å². The van der Waals surface area contributed by atoms with Crippen LogP contribution in [0, 0.1) is 0 Å². The molecular weight excluding hydrogens is 382 g/mol. The number of quaternary nitrogens is 1. The molecule has 0 saturated carbocycles. The molecular formula is C24H53NO3S. The average molecular weight is 436 g/mol. The molecule has 0 aliphatic rings. The molecule has 0 rings (SSSR count). The van der Waals surface area contributed by atoms with Crippen LogP contribution in [0.5, 0.6) is 0 Å². The smallest absolute Gasteiger partial charge is 0.0945 e. The van der Waals surface area contributed by atoms with Crippen molar-refractivity contribution in [3.63, 3.8) is 0 Å². The second kappa shape index (κ2) is 21.1. The quantitative estimate of drug-likeness (QED) is 0.126. The van der Waals surface area contributed by atoms with Crippen molar-refractivity contribution in [3.8, 4) is 0 Å². The molecule has 0 radical (unpaired) electrons. The molecule has 178 valence electrons. The molecule has 5 heteroatoms. The molecule has 0 aliphatic heterocycles. The maximum Gasteiger partial charge on any atom is 0.0945 e. The summed E-state index contributed by atoms with van der Waals surface area (Å²) in [4.78, 5) is 0. The fraction of sp³-hybridized carbons (Fsp3) is 1.00. The summed E-state index contributed by atoms with van der Waals surface area (Å²) in [6.07, 6.45) is 22.0. The summed E-state index contributed by atoms with van der Waals surface area (Å²) in [6, 6.07) is 0. The number of nitrogens with zero attached hydrogens (tertiary/aromatic N) is 1. The molecule has 4 nitrogen and oxygen atoms in total. The Balaban J connectivity index is 0. The highest BCUT2D eigenvalue weighted by atomic mass is 32.2. The molecule has 0 N–H and O–H groups in total. The molecule has 0 spiro atoms. The van der Waals surface area contributed by atoms with Crippen LogP contribution in [0.15, 0.2) is 0 Å². The normalized spacial score (nSPS) is 11.9. The van der Waals surface area contributed by atoms with E-state index in [0.29, 0.717) is 6.42 Å². The molecule has 0 saturated heterocycles. The van der Waals surface area contributed by atoms with E-state index in [4.69, 9.17) is 0 Å². The van der Waals surface area contributed by atoms with Crippen LogP contribution in [0.3, 0.4) is 0 Å². The first-order chi connectivity index (χ1) is 13.6. The van der Waals surface area contributed by atoms with Gasteiger partial charge in [-0.05, 0) is 19.3 Å². The lowest BCUT2D eigenvalue weighted by atomic mass is 10.1. The zero-order chi connectivity index (χ0) is 22.4. The minimum atomic E-state index is -3.96. The summed E-state index contributed by atoms with van der Waals surface area (Å²) in [6.45, 7) is 5.71. The third-order valence-electron chi connectivity index (χ3n) is 5.18. The molecule has 0 heterocycles. The maximum atomic E-state index is 10.1. The summed E-state index contributed by atoms with van der Waals surface area (Å²) in [5.41, 5.74) is 0. The van der Waals surface area contributed by atoms with Crippen LogP contribution in [0.1, 0.15) is 123 Å². The van der Waals surface area contributed by atoms with Crippen LogP contribution in [0.4, 0.5) is 0 Å². The molecule has 0 atom stereocenters. The molecule has 0 fully saturated rings. The van der Waals surface area contributed by atoms with Crippen molar-refractivity contribution in [1.29, 1.82) is 0 Å². The predicted octanol–water partition coefficient (Wildman–Crippen LogP) is 6.90. The standard InChI is InChI=1S/C17H38N.C7H16O3S/c1-5-6-7-8-9-10-11-12-13-14-15-16-17-18(2,3)4;1-2-3-4-5-6-7-11(8,9)10/h5-17H2,1-4H3;2-7H2,1H3,(H,8,9,10)/q+1;/p-1. The van der Waals surface area contributed by atoms with E-state index < -0.39 is 10.1 Å². The zero-order valence-electron chi connectivity index (χ0n) is 20.5. The van der Waals surface area contributed by atoms with E-state index in [1.165, 1.54) is 83.6 Å². The lowest BCUT2D eigenvalue weighted by molar-refractivity contribution is -0.870. The van der Waals surface area contributed by atoms with Crippen LogP contribution in [-0.2, 0) is 10.1 Å². The predicted molar refractivity (Wildman–Crippen MR) is 127 cm³/mol. The van der Waals surface area contributed by atoms with E-state index >= 15 is 0 Å². The number of unbranched alkanes of at least 4 members (excludes halogenated alkanes) is 15. The second-order valence-corrected chi connectivity index (χ2v) is 11.1. The van der Waals surface area contributed by atoms with Crippen molar-refractivity contribution in [3.05, 3.63) is 0 Å². The van der Waals surface area contributed by atoms with Crippen molar-refractivity contribution < 1.29 is 17.5 Å². The molecule has 0 unspecified atom stereocenters. The van der Waals surface area contributed by atoms with Crippen molar-refractivity contribution in [1.82, 2.24) is 0 Å². The van der Waals surface area contributed by atoms with E-state index in [9.17, 15) is 13.0 Å². The fourth-order valence-electron chi connectivity index (χ4n) is 3.31. The second-order valence-electron chi connectivity index (χ2n) is 9.58. The third-order valence-corrected chi connectivity index (χ3v) is 5.97. The minimum absolute atomic E-state index is 0.198. The highest BCUT2D eigenvalue weighted by molar-refractivity contribution is 7.85. The largest absolute Gasteiger partial charge is 0.748 e. The van der Waals surface area contributed by atoms with Gasteiger partial charge >= 0.3 is 0 Å². The molecule has 0 amide bonds. The lowest BCUT2D eigenvalue weighted by Crippen LogP contribution is -2.35. The molecule has 0 aliphatic carbocycles. The Kier molecular flexibility index (Phi) is 22.6. The summed E-state index contributed by atoms with van der Waals surface area (Å²) in [7, 11) is 2.91. The Hall–Kier alpha value is -0.130. The topological polar surface area (TPSA) is 57.2 Å². The van der Waals surface area contributed by atoms with Gasteiger partial charge in [-0.1, -0.05) is 104 Å². The van der Waals surface area contributed by atoms with Gasteiger partial charge < -0.3 is 9.04 Å². The van der Waals surface area contributed by atoms with Crippen LogP contribution in [-0.4, -0.2) is 50.9 Å². The molecule has 0 aromatic rings. The Bertz CT molecular complexity index is 416. The van der Waals surface area contributed by atoms with Crippen molar-refractivity contribution in [2.45, 2.75) is 123 Å². The summed E-state index contributed by atoms with van der Waals surface area (Å²) < 4.78 is 31.4. The first-order valence-electron chi connectivity index (χ1n) is 12.4. The Morgan fingerprint density at radius 3 is 1.17 bits per heavy atom. The number of hydrogen-bond donors (Lipinski definition) is 0. The Labute approximate surface area is 184 Å². The van der Waals surface area contributed by atoms with Crippen molar-refractivity contribution in [2.75, 3.05) is 33.4 Å². The van der Waals surface area contributed by atoms with Gasteiger partial charge in [0.15, 0.2) is 0 Å². The van der Waals surface area contributed by atoms with E-state index in [1.807, 2.05) is 0 Å². The fourth-order valence-corrected chi connectivity index (χ4v) is 3.87. The number of rotatable bonds is 19. The molecule has 29 heavy (non-hydrogen) atoms. The van der Waals surface area contributed by atoms with Gasteiger partial charge in [0.25, 0.3) is 0 Å². The van der Waals surface area contributed by atoms with E-state index in [2.05, 4.69) is 35.0 Å². The van der Waals surface area contributed by atoms with Gasteiger partial charge in [0.05, 0.1) is 37.8 Å². The van der Waals surface area contributed by atoms with Gasteiger partial charge in [0.2, 0.25) is 0 Å². The zero-order valence-corrected chi connectivity index (χ0v) is 21.3. The third kappa shape index (κ3) is 35.7. The summed E-state index contributed by atoms with van der Waals surface area (Å²) >= 11 is 0. The first-order valence-corrected chi connectivity index (χ1v) is 13.9. The minimum Gasteiger partial charge on any atom is -0.748 e. The molecule has 0 aromatic heterocycles. The SMILES string of the molecule is CCCCCCCCCCCCCC[N+](C)(C)C.CCCCCCCS(=O)(=O)[O-]. The first kappa shape index (κ1) is 31.1. The van der Waals surface area contributed by atoms with Gasteiger partial charge in [-0.3, -0.25) is 0 Å². The highest BCUT2D eigenvalue weighted by Gasteiger charge is 2.04. The van der Waals surface area contributed by atoms with Gasteiger partial charge in [0, 0.05) is 5.75 Å². The molecule has 0 aromatic carbocycles. The summed E-state index contributed by atoms with van der Waals surface area (Å²) in [5, 5.41) is 0. The summed E-state index contributed by atoms with van der Waals surface area (Å²) in [5.74, 6) is -0.198. The Morgan fingerprint density at radius 1 is 0.552 bits per heavy atom. The van der Waals surface area contributed by atoms with Crippen LogP contribution in [0.2, 0.25) is 0 Å². The average Bonchev–Trinajstić information content (AvgIpc) is 2.61. The highest BCUT2D eigenvalue weighted by Crippen LogP contribution is 2.12.